The Morgan fingerprint density at radius 1 is 1.06 bits per heavy atom. The number of methoxy groups -OCH3 is 1. The van der Waals surface area contributed by atoms with Crippen molar-refractivity contribution in [2.45, 2.75) is 64.5 Å². The number of carbonyl (C=O) groups excluding carboxylic acids is 1. The number of nitrogens with one attached hydrogen (secondary N) is 1. The van der Waals surface area contributed by atoms with Crippen LogP contribution in [0.1, 0.15) is 78.7 Å². The maximum Gasteiger partial charge on any atom is 0.273 e. The van der Waals surface area contributed by atoms with Gasteiger partial charge in [0.05, 0.1) is 25.5 Å². The number of aromatic amines is 1. The van der Waals surface area contributed by atoms with Crippen molar-refractivity contribution in [3.63, 3.8) is 0 Å². The molecule has 1 amide bonds. The van der Waals surface area contributed by atoms with E-state index in [2.05, 4.69) is 59.3 Å². The molecule has 6 nitrogen and oxygen atoms in total. The van der Waals surface area contributed by atoms with E-state index >= 15 is 0 Å². The average Bonchev–Trinajstić information content (AvgIpc) is 3.42. The fourth-order valence-electron chi connectivity index (χ4n) is 5.35. The quantitative estimate of drug-likeness (QED) is 0.466. The molecular weight excluding hydrogens is 426 g/mol. The maximum atomic E-state index is 13.7. The van der Waals surface area contributed by atoms with E-state index in [0.29, 0.717) is 18.1 Å². The van der Waals surface area contributed by atoms with Crippen molar-refractivity contribution in [2.75, 3.05) is 13.7 Å². The van der Waals surface area contributed by atoms with Crippen LogP contribution in [0.4, 0.5) is 0 Å². The molecule has 0 saturated heterocycles. The van der Waals surface area contributed by atoms with Crippen LogP contribution in [-0.2, 0) is 0 Å². The molecule has 0 radical (unpaired) electrons. The van der Waals surface area contributed by atoms with Crippen LogP contribution in [0.15, 0.2) is 42.5 Å². The van der Waals surface area contributed by atoms with E-state index in [1.807, 2.05) is 12.1 Å². The molecule has 0 bridgehead atoms. The number of hydrogen-bond donors (Lipinski definition) is 1. The van der Waals surface area contributed by atoms with Gasteiger partial charge in [0.15, 0.2) is 11.5 Å². The lowest BCUT2D eigenvalue weighted by atomic mass is 9.90. The number of fused-ring (bicyclic) bond motifs is 1. The Bertz CT molecular complexity index is 1160. The van der Waals surface area contributed by atoms with Gasteiger partial charge in [-0.2, -0.15) is 5.10 Å². The first-order valence-electron chi connectivity index (χ1n) is 12.4. The second-order valence-electron chi connectivity index (χ2n) is 9.39. The molecule has 1 atom stereocenters. The van der Waals surface area contributed by atoms with Gasteiger partial charge in [-0.15, -0.1) is 0 Å². The summed E-state index contributed by atoms with van der Waals surface area (Å²) >= 11 is 0. The van der Waals surface area contributed by atoms with Crippen molar-refractivity contribution in [1.82, 2.24) is 15.1 Å². The molecule has 2 aromatic carbocycles. The summed E-state index contributed by atoms with van der Waals surface area (Å²) in [6.45, 7) is 4.79. The zero-order valence-electron chi connectivity index (χ0n) is 20.3. The molecule has 1 fully saturated rings. The molecule has 1 aromatic heterocycles. The van der Waals surface area contributed by atoms with Gasteiger partial charge in [0.25, 0.3) is 5.91 Å². The van der Waals surface area contributed by atoms with Crippen LogP contribution >= 0.6 is 0 Å². The number of ether oxygens (including phenoxy) is 2. The zero-order chi connectivity index (χ0) is 23.7. The van der Waals surface area contributed by atoms with E-state index in [4.69, 9.17) is 9.47 Å². The molecule has 3 aromatic rings. The summed E-state index contributed by atoms with van der Waals surface area (Å²) in [4.78, 5) is 15.8. The van der Waals surface area contributed by atoms with Gasteiger partial charge < -0.3 is 14.4 Å². The Balaban J connectivity index is 1.63. The Morgan fingerprint density at radius 3 is 2.53 bits per heavy atom. The first-order chi connectivity index (χ1) is 16.6. The van der Waals surface area contributed by atoms with E-state index in [1.165, 1.54) is 12.0 Å². The smallest absolute Gasteiger partial charge is 0.273 e. The number of amides is 1. The van der Waals surface area contributed by atoms with Crippen molar-refractivity contribution >= 4 is 5.91 Å². The van der Waals surface area contributed by atoms with Crippen LogP contribution < -0.4 is 9.47 Å². The number of nitrogens with zero attached hydrogens (tertiary/aromatic N) is 2. The highest BCUT2D eigenvalue weighted by Crippen LogP contribution is 2.47. The lowest BCUT2D eigenvalue weighted by Gasteiger charge is -2.36. The van der Waals surface area contributed by atoms with Crippen molar-refractivity contribution in [1.29, 1.82) is 0 Å². The highest BCUT2D eigenvalue weighted by atomic mass is 16.5. The first kappa shape index (κ1) is 22.5. The fraction of sp³-hybridized carbons (Fsp3) is 0.429. The van der Waals surface area contributed by atoms with E-state index in [9.17, 15) is 4.79 Å². The Morgan fingerprint density at radius 2 is 1.82 bits per heavy atom. The van der Waals surface area contributed by atoms with Gasteiger partial charge in [-0.3, -0.25) is 9.89 Å². The summed E-state index contributed by atoms with van der Waals surface area (Å²) in [5.74, 6) is 1.46. The van der Waals surface area contributed by atoms with Gasteiger partial charge in [0, 0.05) is 17.2 Å². The van der Waals surface area contributed by atoms with Crippen molar-refractivity contribution < 1.29 is 14.3 Å². The molecule has 5 rings (SSSR count). The molecule has 6 heteroatoms. The summed E-state index contributed by atoms with van der Waals surface area (Å²) in [6.07, 6.45) is 6.55. The van der Waals surface area contributed by atoms with Crippen molar-refractivity contribution in [2.24, 2.45) is 0 Å². The molecule has 1 N–H and O–H groups in total. The molecule has 0 spiro atoms. The number of carbonyl (C=O) groups is 1. The van der Waals surface area contributed by atoms with E-state index in [0.717, 1.165) is 60.2 Å². The highest BCUT2D eigenvalue weighted by Gasteiger charge is 2.45. The lowest BCUT2D eigenvalue weighted by molar-refractivity contribution is 0.0606. The van der Waals surface area contributed by atoms with Crippen LogP contribution in [-0.4, -0.2) is 40.8 Å². The Hall–Kier alpha value is -3.28. The minimum atomic E-state index is -0.213. The standard InChI is InChI=1S/C28H33N3O3/c1-4-16-34-22-15-14-20(17-23(22)33-3)27-24-25(19-12-10-18(2)11-13-19)29-30-26(24)28(32)31(27)21-8-6-5-7-9-21/h10-15,17,21,27H,4-9,16H2,1-3H3,(H,29,30). The topological polar surface area (TPSA) is 67.5 Å². The van der Waals surface area contributed by atoms with Gasteiger partial charge in [-0.1, -0.05) is 62.1 Å². The monoisotopic (exact) mass is 459 g/mol. The van der Waals surface area contributed by atoms with E-state index in [1.54, 1.807) is 7.11 Å². The Labute approximate surface area is 201 Å². The number of aromatic nitrogens is 2. The normalized spacial score (nSPS) is 18.3. The van der Waals surface area contributed by atoms with Crippen molar-refractivity contribution in [3.05, 3.63) is 64.8 Å². The van der Waals surface area contributed by atoms with E-state index < -0.39 is 0 Å². The molecule has 2 aliphatic rings. The number of rotatable bonds is 7. The predicted molar refractivity (Wildman–Crippen MR) is 132 cm³/mol. The number of hydrogen-bond acceptors (Lipinski definition) is 4. The summed E-state index contributed by atoms with van der Waals surface area (Å²) in [6, 6.07) is 14.4. The van der Waals surface area contributed by atoms with Crippen LogP contribution in [0, 0.1) is 6.92 Å². The zero-order valence-corrected chi connectivity index (χ0v) is 20.3. The lowest BCUT2D eigenvalue weighted by Crippen LogP contribution is -2.40. The molecular formula is C28H33N3O3. The molecule has 1 aliphatic carbocycles. The predicted octanol–water partition coefficient (Wildman–Crippen LogP) is 6.06. The molecule has 1 unspecified atom stereocenters. The summed E-state index contributed by atoms with van der Waals surface area (Å²) < 4.78 is 11.6. The number of aryl methyl sites for hydroxylation is 1. The van der Waals surface area contributed by atoms with Gasteiger partial charge in [0.2, 0.25) is 0 Å². The third kappa shape index (κ3) is 3.95. The van der Waals surface area contributed by atoms with Gasteiger partial charge in [0.1, 0.15) is 5.69 Å². The molecule has 1 saturated carbocycles. The highest BCUT2D eigenvalue weighted by molar-refractivity contribution is 6.00. The summed E-state index contributed by atoms with van der Waals surface area (Å²) in [5, 5.41) is 7.70. The first-order valence-corrected chi connectivity index (χ1v) is 12.4. The largest absolute Gasteiger partial charge is 0.493 e. The molecule has 178 valence electrons. The second-order valence-corrected chi connectivity index (χ2v) is 9.39. The van der Waals surface area contributed by atoms with Crippen LogP contribution in [0.2, 0.25) is 0 Å². The molecule has 34 heavy (non-hydrogen) atoms. The van der Waals surface area contributed by atoms with Gasteiger partial charge >= 0.3 is 0 Å². The van der Waals surface area contributed by atoms with Gasteiger partial charge in [-0.25, -0.2) is 0 Å². The van der Waals surface area contributed by atoms with Crippen LogP contribution in [0.3, 0.4) is 0 Å². The SMILES string of the molecule is CCCOc1ccc(C2c3c(-c4ccc(C)cc4)n[nH]c3C(=O)N2C2CCCCC2)cc1OC. The maximum absolute atomic E-state index is 13.7. The van der Waals surface area contributed by atoms with Gasteiger partial charge in [-0.05, 0) is 43.9 Å². The molecule has 2 heterocycles. The second kappa shape index (κ2) is 9.53. The van der Waals surface area contributed by atoms with E-state index in [-0.39, 0.29) is 18.0 Å². The minimum Gasteiger partial charge on any atom is -0.493 e. The third-order valence-corrected chi connectivity index (χ3v) is 7.06. The summed E-state index contributed by atoms with van der Waals surface area (Å²) in [5.41, 5.74) is 5.64. The van der Waals surface area contributed by atoms with Crippen LogP contribution in [0.5, 0.6) is 11.5 Å². The minimum absolute atomic E-state index is 0.0445. The van der Waals surface area contributed by atoms with Crippen molar-refractivity contribution in [3.8, 4) is 22.8 Å². The Kier molecular flexibility index (Phi) is 6.31. The third-order valence-electron chi connectivity index (χ3n) is 7.06. The number of H-pyrrole nitrogens is 1. The summed E-state index contributed by atoms with van der Waals surface area (Å²) in [7, 11) is 1.66. The fourth-order valence-corrected chi connectivity index (χ4v) is 5.35. The molecule has 1 aliphatic heterocycles. The average molecular weight is 460 g/mol. The number of benzene rings is 2. The van der Waals surface area contributed by atoms with Crippen LogP contribution in [0.25, 0.3) is 11.3 Å².